The fourth-order valence-corrected chi connectivity index (χ4v) is 1.13. The van der Waals surface area contributed by atoms with Gasteiger partial charge in [0.1, 0.15) is 0 Å². The van der Waals surface area contributed by atoms with Crippen LogP contribution in [0.5, 0.6) is 0 Å². The van der Waals surface area contributed by atoms with Crippen molar-refractivity contribution in [3.63, 3.8) is 0 Å². The summed E-state index contributed by atoms with van der Waals surface area (Å²) in [6.07, 6.45) is 0.871. The van der Waals surface area contributed by atoms with E-state index in [2.05, 4.69) is 5.32 Å². The number of hydrogen-bond donors (Lipinski definition) is 2. The van der Waals surface area contributed by atoms with Crippen LogP contribution in [0.4, 0.5) is 9.28 Å². The standard InChI is InChI=1S/C9H10FN3O5/c10-13-6(14)3-5-12(9(13)18)8(17)11-4-1-2-7(15)16/h3,5H,1-2,4H2,(H,11,17)(H,15,16). The normalized spacial score (nSPS) is 10.1. The fraction of sp³-hybridized carbons (Fsp3) is 0.333. The van der Waals surface area contributed by atoms with Crippen molar-refractivity contribution in [2.24, 2.45) is 0 Å². The molecule has 9 heteroatoms. The third kappa shape index (κ3) is 3.27. The highest BCUT2D eigenvalue weighted by molar-refractivity contribution is 5.76. The molecule has 8 nitrogen and oxygen atoms in total. The Bertz CT molecular complexity index is 576. The van der Waals surface area contributed by atoms with E-state index >= 15 is 0 Å². The smallest absolute Gasteiger partial charge is 0.368 e. The lowest BCUT2D eigenvalue weighted by Crippen LogP contribution is -2.42. The molecule has 0 spiro atoms. The molecule has 0 saturated carbocycles. The Balaban J connectivity index is 2.68. The number of amides is 1. The van der Waals surface area contributed by atoms with Gasteiger partial charge < -0.3 is 10.4 Å². The van der Waals surface area contributed by atoms with Crippen LogP contribution in [0.15, 0.2) is 21.9 Å². The summed E-state index contributed by atoms with van der Waals surface area (Å²) in [4.78, 5) is 42.8. The quantitative estimate of drug-likeness (QED) is 0.685. The SMILES string of the molecule is O=C(O)CCCNC(=O)n1ccc(=O)n(F)c1=O. The minimum Gasteiger partial charge on any atom is -0.481 e. The third-order valence-corrected chi connectivity index (χ3v) is 2.00. The van der Waals surface area contributed by atoms with Gasteiger partial charge in [0.25, 0.3) is 5.56 Å². The van der Waals surface area contributed by atoms with E-state index in [9.17, 15) is 23.7 Å². The minimum absolute atomic E-state index is 0.0169. The molecule has 0 saturated heterocycles. The molecule has 98 valence electrons. The largest absolute Gasteiger partial charge is 0.481 e. The monoisotopic (exact) mass is 259 g/mol. The number of hydrogen-bond acceptors (Lipinski definition) is 4. The molecule has 0 unspecified atom stereocenters. The van der Waals surface area contributed by atoms with E-state index in [4.69, 9.17) is 5.11 Å². The van der Waals surface area contributed by atoms with Crippen LogP contribution >= 0.6 is 0 Å². The van der Waals surface area contributed by atoms with Gasteiger partial charge in [0, 0.05) is 25.2 Å². The Morgan fingerprint density at radius 1 is 1.39 bits per heavy atom. The first-order chi connectivity index (χ1) is 8.43. The molecule has 0 bridgehead atoms. The van der Waals surface area contributed by atoms with Crippen molar-refractivity contribution in [3.8, 4) is 0 Å². The molecule has 1 aromatic rings. The number of aliphatic carboxylic acids is 1. The summed E-state index contributed by atoms with van der Waals surface area (Å²) < 4.78 is 13.2. The van der Waals surface area contributed by atoms with Gasteiger partial charge in [0.15, 0.2) is 0 Å². The van der Waals surface area contributed by atoms with E-state index in [0.717, 1.165) is 12.3 Å². The van der Waals surface area contributed by atoms with Crippen LogP contribution in [0.25, 0.3) is 0 Å². The van der Waals surface area contributed by atoms with E-state index < -0.39 is 28.0 Å². The Morgan fingerprint density at radius 3 is 2.67 bits per heavy atom. The van der Waals surface area contributed by atoms with Crippen LogP contribution in [0, 0.1) is 0 Å². The zero-order valence-electron chi connectivity index (χ0n) is 9.13. The summed E-state index contributed by atoms with van der Waals surface area (Å²) in [6, 6.07) is -0.213. The van der Waals surface area contributed by atoms with E-state index in [-0.39, 0.29) is 19.4 Å². The molecular weight excluding hydrogens is 249 g/mol. The van der Waals surface area contributed by atoms with E-state index in [1.807, 2.05) is 0 Å². The van der Waals surface area contributed by atoms with Crippen molar-refractivity contribution in [2.45, 2.75) is 12.8 Å². The number of carbonyl (C=O) groups is 2. The molecular formula is C9H10FN3O5. The number of carbonyl (C=O) groups excluding carboxylic acids is 1. The maximum Gasteiger partial charge on any atom is 0.368 e. The van der Waals surface area contributed by atoms with Gasteiger partial charge >= 0.3 is 17.7 Å². The molecule has 1 amide bonds. The van der Waals surface area contributed by atoms with Crippen molar-refractivity contribution in [2.75, 3.05) is 6.54 Å². The highest BCUT2D eigenvalue weighted by Crippen LogP contribution is 1.87. The maximum absolute atomic E-state index is 12.9. The first-order valence-electron chi connectivity index (χ1n) is 4.94. The zero-order valence-corrected chi connectivity index (χ0v) is 9.13. The number of halogens is 1. The predicted molar refractivity (Wildman–Crippen MR) is 57.1 cm³/mol. The molecule has 0 aliphatic rings. The van der Waals surface area contributed by atoms with Crippen molar-refractivity contribution in [1.82, 2.24) is 14.7 Å². The van der Waals surface area contributed by atoms with Gasteiger partial charge in [0.2, 0.25) is 0 Å². The minimum atomic E-state index is -1.42. The molecule has 0 atom stereocenters. The zero-order chi connectivity index (χ0) is 13.7. The summed E-state index contributed by atoms with van der Waals surface area (Å²) in [6.45, 7) is 0.0169. The fourth-order valence-electron chi connectivity index (χ4n) is 1.13. The molecule has 1 rings (SSSR count). The summed E-state index contributed by atoms with van der Waals surface area (Å²) in [5.41, 5.74) is -2.59. The van der Waals surface area contributed by atoms with Crippen LogP contribution < -0.4 is 16.6 Å². The van der Waals surface area contributed by atoms with Crippen molar-refractivity contribution in [3.05, 3.63) is 33.1 Å². The average Bonchev–Trinajstić information content (AvgIpc) is 2.31. The number of carboxylic acids is 1. The van der Waals surface area contributed by atoms with Crippen molar-refractivity contribution in [1.29, 1.82) is 0 Å². The Labute approximate surface area is 99.2 Å². The summed E-state index contributed by atoms with van der Waals surface area (Å²) in [7, 11) is 0. The molecule has 0 aliphatic heterocycles. The lowest BCUT2D eigenvalue weighted by Gasteiger charge is -2.05. The molecule has 18 heavy (non-hydrogen) atoms. The van der Waals surface area contributed by atoms with Crippen LogP contribution in [-0.2, 0) is 4.79 Å². The molecule has 0 fully saturated rings. The predicted octanol–water partition coefficient (Wildman–Crippen LogP) is -0.835. The van der Waals surface area contributed by atoms with Crippen molar-refractivity contribution >= 4 is 12.0 Å². The number of aromatic nitrogens is 2. The Hall–Kier alpha value is -2.45. The Kier molecular flexibility index (Phi) is 4.35. The second-order valence-electron chi connectivity index (χ2n) is 3.32. The van der Waals surface area contributed by atoms with Gasteiger partial charge in [0.05, 0.1) is 0 Å². The molecule has 1 aromatic heterocycles. The first-order valence-corrected chi connectivity index (χ1v) is 4.94. The van der Waals surface area contributed by atoms with E-state index in [1.165, 1.54) is 0 Å². The number of rotatable bonds is 4. The summed E-state index contributed by atoms with van der Waals surface area (Å²) >= 11 is 0. The highest BCUT2D eigenvalue weighted by atomic mass is 19.2. The van der Waals surface area contributed by atoms with E-state index in [1.54, 1.807) is 0 Å². The van der Waals surface area contributed by atoms with Gasteiger partial charge in [-0.25, -0.2) is 14.2 Å². The first kappa shape index (κ1) is 13.6. The second-order valence-corrected chi connectivity index (χ2v) is 3.32. The highest BCUT2D eigenvalue weighted by Gasteiger charge is 2.10. The molecule has 2 N–H and O–H groups in total. The number of nitrogens with zero attached hydrogens (tertiary/aromatic N) is 2. The summed E-state index contributed by atoms with van der Waals surface area (Å²) in [5, 5.41) is 10.6. The topological polar surface area (TPSA) is 110 Å². The third-order valence-electron chi connectivity index (χ3n) is 2.00. The second kappa shape index (κ2) is 5.75. The average molecular weight is 259 g/mol. The number of nitrogens with one attached hydrogen (secondary N) is 1. The molecule has 0 radical (unpaired) electrons. The van der Waals surface area contributed by atoms with Crippen LogP contribution in [0.3, 0.4) is 0 Å². The lowest BCUT2D eigenvalue weighted by atomic mass is 10.3. The van der Waals surface area contributed by atoms with Crippen molar-refractivity contribution < 1.29 is 19.2 Å². The lowest BCUT2D eigenvalue weighted by molar-refractivity contribution is -0.137. The molecule has 1 heterocycles. The molecule has 0 aliphatic carbocycles. The van der Waals surface area contributed by atoms with E-state index in [0.29, 0.717) is 4.57 Å². The van der Waals surface area contributed by atoms with Gasteiger partial charge in [-0.15, -0.1) is 0 Å². The van der Waals surface area contributed by atoms with Gasteiger partial charge in [-0.1, -0.05) is 9.27 Å². The van der Waals surface area contributed by atoms with Crippen LogP contribution in [0.1, 0.15) is 12.8 Å². The summed E-state index contributed by atoms with van der Waals surface area (Å²) in [5.74, 6) is -1.02. The van der Waals surface area contributed by atoms with Gasteiger partial charge in [-0.05, 0) is 6.42 Å². The van der Waals surface area contributed by atoms with Crippen LogP contribution in [-0.4, -0.2) is 33.0 Å². The maximum atomic E-state index is 12.9. The van der Waals surface area contributed by atoms with Crippen LogP contribution in [0.2, 0.25) is 0 Å². The van der Waals surface area contributed by atoms with Gasteiger partial charge in [-0.2, -0.15) is 0 Å². The molecule has 0 aromatic carbocycles. The Morgan fingerprint density at radius 2 is 2.06 bits per heavy atom. The van der Waals surface area contributed by atoms with Gasteiger partial charge in [-0.3, -0.25) is 9.59 Å². The number of carboxylic acid groups (broad SMARTS) is 1.